The van der Waals surface area contributed by atoms with Gasteiger partial charge in [0.1, 0.15) is 11.5 Å². The maximum absolute atomic E-state index is 9.54. The van der Waals surface area contributed by atoms with E-state index in [1.807, 2.05) is 0 Å². The summed E-state index contributed by atoms with van der Waals surface area (Å²) >= 11 is 0. The zero-order chi connectivity index (χ0) is 10.6. The Morgan fingerprint density at radius 2 is 2.14 bits per heavy atom. The van der Waals surface area contributed by atoms with Gasteiger partial charge in [-0.05, 0) is 18.2 Å². The molecule has 4 heteroatoms. The number of phenolic OH excluding ortho intramolecular Hbond substituents is 1. The highest BCUT2D eigenvalue weighted by molar-refractivity contribution is 5.41. The van der Waals surface area contributed by atoms with Crippen LogP contribution in [0.4, 0.5) is 0 Å². The summed E-state index contributed by atoms with van der Waals surface area (Å²) < 4.78 is 9.94. The minimum absolute atomic E-state index is 0.162. The fourth-order valence-electron chi connectivity index (χ4n) is 1.23. The Kier molecular flexibility index (Phi) is 3.73. The second-order valence-electron chi connectivity index (χ2n) is 2.99. The zero-order valence-corrected chi connectivity index (χ0v) is 8.36. The molecule has 1 aromatic rings. The summed E-state index contributed by atoms with van der Waals surface area (Å²) in [5, 5.41) is 9.54. The van der Waals surface area contributed by atoms with E-state index in [2.05, 4.69) is 0 Å². The van der Waals surface area contributed by atoms with Gasteiger partial charge in [-0.15, -0.1) is 0 Å². The van der Waals surface area contributed by atoms with E-state index in [0.717, 1.165) is 0 Å². The molecule has 0 spiro atoms. The molecule has 0 saturated carbocycles. The third-order valence-corrected chi connectivity index (χ3v) is 1.98. The van der Waals surface area contributed by atoms with Gasteiger partial charge in [-0.1, -0.05) is 0 Å². The van der Waals surface area contributed by atoms with Gasteiger partial charge in [-0.25, -0.2) is 0 Å². The molecule has 1 aromatic carbocycles. The molecule has 0 bridgehead atoms. The maximum Gasteiger partial charge on any atom is 0.120 e. The standard InChI is InChI=1S/C10H15NO3/c1-13-6-9(11)8-5-7(14-2)3-4-10(8)12/h3-5,9,12H,6,11H2,1-2H3. The number of methoxy groups -OCH3 is 2. The molecule has 0 aromatic heterocycles. The molecule has 4 nitrogen and oxygen atoms in total. The normalized spacial score (nSPS) is 12.5. The number of nitrogens with two attached hydrogens (primary N) is 1. The summed E-state index contributed by atoms with van der Waals surface area (Å²) in [5.41, 5.74) is 6.42. The molecule has 0 heterocycles. The van der Waals surface area contributed by atoms with Gasteiger partial charge in [-0.3, -0.25) is 0 Å². The third-order valence-electron chi connectivity index (χ3n) is 1.98. The van der Waals surface area contributed by atoms with E-state index in [4.69, 9.17) is 15.2 Å². The van der Waals surface area contributed by atoms with E-state index in [0.29, 0.717) is 17.9 Å². The van der Waals surface area contributed by atoms with E-state index in [1.165, 1.54) is 0 Å². The van der Waals surface area contributed by atoms with E-state index in [9.17, 15) is 5.11 Å². The van der Waals surface area contributed by atoms with Crippen LogP contribution in [-0.4, -0.2) is 25.9 Å². The lowest BCUT2D eigenvalue weighted by molar-refractivity contribution is 0.179. The fourth-order valence-corrected chi connectivity index (χ4v) is 1.23. The molecule has 1 atom stereocenters. The van der Waals surface area contributed by atoms with Crippen molar-refractivity contribution in [3.63, 3.8) is 0 Å². The number of hydrogen-bond donors (Lipinski definition) is 2. The number of benzene rings is 1. The van der Waals surface area contributed by atoms with Crippen molar-refractivity contribution < 1.29 is 14.6 Å². The number of rotatable bonds is 4. The quantitative estimate of drug-likeness (QED) is 0.757. The zero-order valence-electron chi connectivity index (χ0n) is 8.36. The molecule has 0 radical (unpaired) electrons. The second-order valence-corrected chi connectivity index (χ2v) is 2.99. The first-order chi connectivity index (χ1) is 6.69. The van der Waals surface area contributed by atoms with E-state index in [-0.39, 0.29) is 11.8 Å². The average molecular weight is 197 g/mol. The van der Waals surface area contributed by atoms with Gasteiger partial charge in [0.05, 0.1) is 19.8 Å². The summed E-state index contributed by atoms with van der Waals surface area (Å²) in [5.74, 6) is 0.833. The van der Waals surface area contributed by atoms with Crippen LogP contribution in [0.25, 0.3) is 0 Å². The Labute approximate surface area is 83.3 Å². The monoisotopic (exact) mass is 197 g/mol. The molecule has 0 aliphatic carbocycles. The molecular formula is C10H15NO3. The summed E-state index contributed by atoms with van der Waals surface area (Å²) in [4.78, 5) is 0. The van der Waals surface area contributed by atoms with Gasteiger partial charge < -0.3 is 20.3 Å². The van der Waals surface area contributed by atoms with Crippen LogP contribution in [0, 0.1) is 0 Å². The molecule has 0 aliphatic heterocycles. The average Bonchev–Trinajstić information content (AvgIpc) is 2.19. The lowest BCUT2D eigenvalue weighted by atomic mass is 10.1. The molecule has 0 fully saturated rings. The van der Waals surface area contributed by atoms with Crippen molar-refractivity contribution >= 4 is 0 Å². The fraction of sp³-hybridized carbons (Fsp3) is 0.400. The van der Waals surface area contributed by atoms with Crippen LogP contribution in [0.3, 0.4) is 0 Å². The molecule has 0 saturated heterocycles. The van der Waals surface area contributed by atoms with E-state index < -0.39 is 0 Å². The van der Waals surface area contributed by atoms with Gasteiger partial charge in [0.15, 0.2) is 0 Å². The number of aromatic hydroxyl groups is 1. The Hall–Kier alpha value is -1.26. The highest BCUT2D eigenvalue weighted by Gasteiger charge is 2.11. The molecule has 1 rings (SSSR count). The number of phenols is 1. The smallest absolute Gasteiger partial charge is 0.120 e. The predicted molar refractivity (Wildman–Crippen MR) is 53.5 cm³/mol. The predicted octanol–water partition coefficient (Wildman–Crippen LogP) is 1.05. The topological polar surface area (TPSA) is 64.7 Å². The summed E-state index contributed by atoms with van der Waals surface area (Å²) in [6, 6.07) is 4.61. The van der Waals surface area contributed by atoms with E-state index >= 15 is 0 Å². The first-order valence-electron chi connectivity index (χ1n) is 4.30. The summed E-state index contributed by atoms with van der Waals surface area (Å²) in [7, 11) is 3.13. The van der Waals surface area contributed by atoms with Gasteiger partial charge in [0, 0.05) is 12.7 Å². The molecule has 0 amide bonds. The van der Waals surface area contributed by atoms with Crippen molar-refractivity contribution in [2.75, 3.05) is 20.8 Å². The van der Waals surface area contributed by atoms with Crippen LogP contribution in [0.15, 0.2) is 18.2 Å². The number of ether oxygens (including phenoxy) is 2. The Morgan fingerprint density at radius 3 is 2.71 bits per heavy atom. The van der Waals surface area contributed by atoms with Crippen molar-refractivity contribution in [1.29, 1.82) is 0 Å². The number of hydrogen-bond acceptors (Lipinski definition) is 4. The minimum atomic E-state index is -0.338. The molecule has 78 valence electrons. The Morgan fingerprint density at radius 1 is 1.43 bits per heavy atom. The van der Waals surface area contributed by atoms with Crippen LogP contribution in [0.2, 0.25) is 0 Å². The molecule has 1 unspecified atom stereocenters. The van der Waals surface area contributed by atoms with Crippen LogP contribution in [0.5, 0.6) is 11.5 Å². The molecule has 14 heavy (non-hydrogen) atoms. The largest absolute Gasteiger partial charge is 0.508 e. The lowest BCUT2D eigenvalue weighted by Crippen LogP contribution is -2.16. The van der Waals surface area contributed by atoms with Gasteiger partial charge >= 0.3 is 0 Å². The van der Waals surface area contributed by atoms with Crippen molar-refractivity contribution in [2.45, 2.75) is 6.04 Å². The summed E-state index contributed by atoms with van der Waals surface area (Å²) in [6.07, 6.45) is 0. The maximum atomic E-state index is 9.54. The Balaban J connectivity index is 2.93. The van der Waals surface area contributed by atoms with Gasteiger partial charge in [0.25, 0.3) is 0 Å². The van der Waals surface area contributed by atoms with Crippen LogP contribution < -0.4 is 10.5 Å². The molecular weight excluding hydrogens is 182 g/mol. The first kappa shape index (κ1) is 10.8. The van der Waals surface area contributed by atoms with Crippen LogP contribution >= 0.6 is 0 Å². The highest BCUT2D eigenvalue weighted by atomic mass is 16.5. The highest BCUT2D eigenvalue weighted by Crippen LogP contribution is 2.27. The Bertz CT molecular complexity index is 301. The third kappa shape index (κ3) is 2.37. The van der Waals surface area contributed by atoms with Crippen molar-refractivity contribution in [3.8, 4) is 11.5 Å². The van der Waals surface area contributed by atoms with Crippen molar-refractivity contribution in [2.24, 2.45) is 5.73 Å². The summed E-state index contributed by atoms with van der Waals surface area (Å²) in [6.45, 7) is 0.362. The van der Waals surface area contributed by atoms with Gasteiger partial charge in [0.2, 0.25) is 0 Å². The van der Waals surface area contributed by atoms with Crippen molar-refractivity contribution in [1.82, 2.24) is 0 Å². The van der Waals surface area contributed by atoms with Gasteiger partial charge in [-0.2, -0.15) is 0 Å². The first-order valence-corrected chi connectivity index (χ1v) is 4.30. The van der Waals surface area contributed by atoms with E-state index in [1.54, 1.807) is 32.4 Å². The SMILES string of the molecule is COCC(N)c1cc(OC)ccc1O. The van der Waals surface area contributed by atoms with Crippen LogP contribution in [-0.2, 0) is 4.74 Å². The van der Waals surface area contributed by atoms with Crippen molar-refractivity contribution in [3.05, 3.63) is 23.8 Å². The minimum Gasteiger partial charge on any atom is -0.508 e. The molecule has 0 aliphatic rings. The molecule has 3 N–H and O–H groups in total. The lowest BCUT2D eigenvalue weighted by Gasteiger charge is -2.13. The second kappa shape index (κ2) is 4.83. The van der Waals surface area contributed by atoms with Crippen LogP contribution in [0.1, 0.15) is 11.6 Å².